The lowest BCUT2D eigenvalue weighted by Gasteiger charge is -2.28. The van der Waals surface area contributed by atoms with E-state index in [1.54, 1.807) is 16.8 Å². The molecular weight excluding hydrogens is 331 g/mol. The van der Waals surface area contributed by atoms with Gasteiger partial charge in [-0.3, -0.25) is 0 Å². The molecule has 1 aromatic carbocycles. The summed E-state index contributed by atoms with van der Waals surface area (Å²) < 4.78 is 20.5. The number of piperidine rings is 1. The maximum absolute atomic E-state index is 13.4. The summed E-state index contributed by atoms with van der Waals surface area (Å²) in [6.45, 7) is 1.57. The van der Waals surface area contributed by atoms with Crippen LogP contribution in [0.15, 0.2) is 24.4 Å². The average molecular weight is 348 g/mol. The molecule has 0 amide bonds. The van der Waals surface area contributed by atoms with E-state index in [4.69, 9.17) is 4.74 Å². The lowest BCUT2D eigenvalue weighted by atomic mass is 10.1. The van der Waals surface area contributed by atoms with Crippen molar-refractivity contribution >= 4 is 21.4 Å². The van der Waals surface area contributed by atoms with Crippen LogP contribution in [0.2, 0.25) is 0 Å². The number of ether oxygens (including phenoxy) is 1. The third-order valence-corrected chi connectivity index (χ3v) is 5.23. The van der Waals surface area contributed by atoms with Gasteiger partial charge in [0.15, 0.2) is 0 Å². The zero-order chi connectivity index (χ0) is 16.7. The highest BCUT2D eigenvalue weighted by molar-refractivity contribution is 7.20. The first-order valence-corrected chi connectivity index (χ1v) is 8.59. The van der Waals surface area contributed by atoms with Gasteiger partial charge in [-0.15, -0.1) is 5.10 Å². The number of anilines is 1. The standard InChI is InChI=1S/C16H17FN4O2S/c1-23-14-8-10(17)2-3-12(14)13-9-18-15-21(13)19-16(24-15)20-6-4-11(22)5-7-20/h2-3,8-9,11,22H,4-7H2,1H3. The van der Waals surface area contributed by atoms with Crippen LogP contribution in [0.4, 0.5) is 9.52 Å². The van der Waals surface area contributed by atoms with Gasteiger partial charge in [-0.1, -0.05) is 11.3 Å². The number of aliphatic hydroxyl groups excluding tert-OH is 1. The van der Waals surface area contributed by atoms with E-state index in [2.05, 4.69) is 15.0 Å². The Labute approximate surface area is 142 Å². The Morgan fingerprint density at radius 1 is 1.33 bits per heavy atom. The summed E-state index contributed by atoms with van der Waals surface area (Å²) in [4.78, 5) is 7.36. The second-order valence-corrected chi connectivity index (χ2v) is 6.72. The van der Waals surface area contributed by atoms with Gasteiger partial charge in [0, 0.05) is 24.7 Å². The number of benzene rings is 1. The zero-order valence-electron chi connectivity index (χ0n) is 13.1. The van der Waals surface area contributed by atoms with Crippen molar-refractivity contribution < 1.29 is 14.2 Å². The van der Waals surface area contributed by atoms with E-state index in [-0.39, 0.29) is 11.9 Å². The summed E-state index contributed by atoms with van der Waals surface area (Å²) >= 11 is 1.51. The quantitative estimate of drug-likeness (QED) is 0.788. The fraction of sp³-hybridized carbons (Fsp3) is 0.375. The van der Waals surface area contributed by atoms with E-state index in [1.165, 1.54) is 30.6 Å². The van der Waals surface area contributed by atoms with Gasteiger partial charge in [-0.05, 0) is 25.0 Å². The number of halogens is 1. The summed E-state index contributed by atoms with van der Waals surface area (Å²) in [5, 5.41) is 15.2. The molecule has 0 bridgehead atoms. The minimum absolute atomic E-state index is 0.218. The van der Waals surface area contributed by atoms with Crippen molar-refractivity contribution in [3.8, 4) is 17.0 Å². The van der Waals surface area contributed by atoms with Gasteiger partial charge < -0.3 is 14.7 Å². The smallest absolute Gasteiger partial charge is 0.214 e. The van der Waals surface area contributed by atoms with Crippen LogP contribution in [0.1, 0.15) is 12.8 Å². The lowest BCUT2D eigenvalue weighted by molar-refractivity contribution is 0.145. The number of hydrogen-bond donors (Lipinski definition) is 1. The molecule has 6 nitrogen and oxygen atoms in total. The monoisotopic (exact) mass is 348 g/mol. The first kappa shape index (κ1) is 15.3. The van der Waals surface area contributed by atoms with E-state index in [0.29, 0.717) is 5.75 Å². The molecule has 0 saturated carbocycles. The van der Waals surface area contributed by atoms with Crippen molar-refractivity contribution in [1.82, 2.24) is 14.6 Å². The number of fused-ring (bicyclic) bond motifs is 1. The third kappa shape index (κ3) is 2.61. The van der Waals surface area contributed by atoms with Crippen LogP contribution >= 0.6 is 11.3 Å². The number of nitrogens with zero attached hydrogens (tertiary/aromatic N) is 4. The highest BCUT2D eigenvalue weighted by Crippen LogP contribution is 2.34. The van der Waals surface area contributed by atoms with E-state index in [0.717, 1.165) is 47.3 Å². The summed E-state index contributed by atoms with van der Waals surface area (Å²) in [6, 6.07) is 4.43. The number of methoxy groups -OCH3 is 1. The van der Waals surface area contributed by atoms with Crippen LogP contribution < -0.4 is 9.64 Å². The molecular formula is C16H17FN4O2S. The van der Waals surface area contributed by atoms with Gasteiger partial charge in [-0.2, -0.15) is 0 Å². The Balaban J connectivity index is 1.73. The highest BCUT2D eigenvalue weighted by atomic mass is 32.1. The molecule has 4 rings (SSSR count). The second kappa shape index (κ2) is 6.03. The van der Waals surface area contributed by atoms with Gasteiger partial charge in [-0.25, -0.2) is 13.9 Å². The Morgan fingerprint density at radius 2 is 2.12 bits per heavy atom. The molecule has 0 spiro atoms. The van der Waals surface area contributed by atoms with Crippen molar-refractivity contribution in [3.05, 3.63) is 30.2 Å². The summed E-state index contributed by atoms with van der Waals surface area (Å²) in [5.74, 6) is 0.106. The molecule has 1 fully saturated rings. The molecule has 3 aromatic rings. The molecule has 1 aliphatic heterocycles. The number of aliphatic hydroxyl groups is 1. The average Bonchev–Trinajstić information content (AvgIpc) is 3.16. The Morgan fingerprint density at radius 3 is 2.88 bits per heavy atom. The van der Waals surface area contributed by atoms with Gasteiger partial charge >= 0.3 is 0 Å². The normalized spacial score (nSPS) is 16.0. The second-order valence-electron chi connectivity index (χ2n) is 5.79. The van der Waals surface area contributed by atoms with Gasteiger partial charge in [0.2, 0.25) is 10.1 Å². The van der Waals surface area contributed by atoms with Crippen molar-refractivity contribution in [2.24, 2.45) is 0 Å². The van der Waals surface area contributed by atoms with Gasteiger partial charge in [0.25, 0.3) is 0 Å². The van der Waals surface area contributed by atoms with Crippen LogP contribution in [-0.2, 0) is 0 Å². The first-order valence-electron chi connectivity index (χ1n) is 7.77. The fourth-order valence-electron chi connectivity index (χ4n) is 2.93. The third-order valence-electron chi connectivity index (χ3n) is 4.25. The molecule has 0 radical (unpaired) electrons. The van der Waals surface area contributed by atoms with E-state index >= 15 is 0 Å². The zero-order valence-corrected chi connectivity index (χ0v) is 14.0. The minimum atomic E-state index is -0.345. The summed E-state index contributed by atoms with van der Waals surface area (Å²) in [7, 11) is 1.52. The predicted octanol–water partition coefficient (Wildman–Crippen LogP) is 2.57. The molecule has 1 aliphatic rings. The molecule has 3 heterocycles. The molecule has 126 valence electrons. The molecule has 24 heavy (non-hydrogen) atoms. The van der Waals surface area contributed by atoms with Crippen molar-refractivity contribution in [2.45, 2.75) is 18.9 Å². The van der Waals surface area contributed by atoms with Crippen molar-refractivity contribution in [3.63, 3.8) is 0 Å². The van der Waals surface area contributed by atoms with Crippen LogP contribution in [0.3, 0.4) is 0 Å². The topological polar surface area (TPSA) is 62.9 Å². The Hall–Kier alpha value is -2.19. The first-order chi connectivity index (χ1) is 11.7. The Bertz CT molecular complexity index is 870. The van der Waals surface area contributed by atoms with E-state index < -0.39 is 0 Å². The predicted molar refractivity (Wildman–Crippen MR) is 90.3 cm³/mol. The molecule has 0 unspecified atom stereocenters. The van der Waals surface area contributed by atoms with Gasteiger partial charge in [0.05, 0.1) is 25.1 Å². The molecule has 2 aromatic heterocycles. The van der Waals surface area contributed by atoms with Crippen molar-refractivity contribution in [1.29, 1.82) is 0 Å². The SMILES string of the molecule is COc1cc(F)ccc1-c1cnc2sc(N3CCC(O)CC3)nn12. The Kier molecular flexibility index (Phi) is 3.85. The van der Waals surface area contributed by atoms with Crippen LogP contribution in [0.25, 0.3) is 16.2 Å². The summed E-state index contributed by atoms with van der Waals surface area (Å²) in [6.07, 6.45) is 3.00. The van der Waals surface area contributed by atoms with Crippen molar-refractivity contribution in [2.75, 3.05) is 25.1 Å². The minimum Gasteiger partial charge on any atom is -0.496 e. The van der Waals surface area contributed by atoms with Crippen LogP contribution in [0.5, 0.6) is 5.75 Å². The largest absolute Gasteiger partial charge is 0.496 e. The maximum Gasteiger partial charge on any atom is 0.214 e. The maximum atomic E-state index is 13.4. The molecule has 0 aliphatic carbocycles. The van der Waals surface area contributed by atoms with E-state index in [1.807, 2.05) is 0 Å². The number of aromatic nitrogens is 3. The van der Waals surface area contributed by atoms with Crippen LogP contribution in [-0.4, -0.2) is 46.0 Å². The highest BCUT2D eigenvalue weighted by Gasteiger charge is 2.22. The number of hydrogen-bond acceptors (Lipinski definition) is 6. The molecule has 8 heteroatoms. The molecule has 1 saturated heterocycles. The number of rotatable bonds is 3. The number of imidazole rings is 1. The van der Waals surface area contributed by atoms with Crippen LogP contribution in [0, 0.1) is 5.82 Å². The van der Waals surface area contributed by atoms with Gasteiger partial charge in [0.1, 0.15) is 11.6 Å². The molecule has 0 atom stereocenters. The van der Waals surface area contributed by atoms with E-state index in [9.17, 15) is 9.50 Å². The fourth-order valence-corrected chi connectivity index (χ4v) is 3.86. The lowest BCUT2D eigenvalue weighted by Crippen LogP contribution is -2.35. The molecule has 1 N–H and O–H groups in total. The summed E-state index contributed by atoms with van der Waals surface area (Å²) in [5.41, 5.74) is 1.51.